The van der Waals surface area contributed by atoms with E-state index in [2.05, 4.69) is 43.5 Å². The van der Waals surface area contributed by atoms with Gasteiger partial charge >= 0.3 is 5.97 Å². The molecule has 76 heavy (non-hydrogen) atoms. The highest BCUT2D eigenvalue weighted by Gasteiger charge is 2.18. The van der Waals surface area contributed by atoms with E-state index >= 15 is 0 Å². The van der Waals surface area contributed by atoms with Gasteiger partial charge in [0, 0.05) is 12.8 Å². The van der Waals surface area contributed by atoms with Gasteiger partial charge < -0.3 is 20.3 Å². The van der Waals surface area contributed by atoms with Gasteiger partial charge in [0.1, 0.15) is 0 Å². The number of amides is 1. The fourth-order valence-corrected chi connectivity index (χ4v) is 10.6. The molecule has 0 bridgehead atoms. The Labute approximate surface area is 474 Å². The summed E-state index contributed by atoms with van der Waals surface area (Å²) in [6, 6.07) is -0.632. The maximum absolute atomic E-state index is 12.5. The lowest BCUT2D eigenvalue weighted by Gasteiger charge is -2.20. The van der Waals surface area contributed by atoms with E-state index in [-0.39, 0.29) is 18.5 Å². The molecule has 0 aliphatic heterocycles. The number of aliphatic hydroxyl groups is 2. The van der Waals surface area contributed by atoms with Crippen LogP contribution in [-0.4, -0.2) is 47.4 Å². The first-order valence-corrected chi connectivity index (χ1v) is 34.3. The summed E-state index contributed by atoms with van der Waals surface area (Å²) in [5.41, 5.74) is 0. The first-order valence-electron chi connectivity index (χ1n) is 34.3. The van der Waals surface area contributed by atoms with Crippen LogP contribution in [-0.2, 0) is 14.3 Å². The van der Waals surface area contributed by atoms with Crippen LogP contribution < -0.4 is 5.32 Å². The summed E-state index contributed by atoms with van der Waals surface area (Å²) >= 11 is 0. The monoisotopic (exact) mass is 1070 g/mol. The Kier molecular flexibility index (Phi) is 63.9. The van der Waals surface area contributed by atoms with Crippen LogP contribution in [0.3, 0.4) is 0 Å². The first-order chi connectivity index (χ1) is 37.5. The van der Waals surface area contributed by atoms with E-state index in [1.807, 2.05) is 6.08 Å². The Bertz CT molecular complexity index is 1230. The van der Waals surface area contributed by atoms with Gasteiger partial charge in [-0.2, -0.15) is 0 Å². The quantitative estimate of drug-likeness (QED) is 0.0320. The third-order valence-electron chi connectivity index (χ3n) is 15.9. The molecule has 3 N–H and O–H groups in total. The van der Waals surface area contributed by atoms with Crippen LogP contribution >= 0.6 is 0 Å². The van der Waals surface area contributed by atoms with Gasteiger partial charge in [-0.3, -0.25) is 9.59 Å². The number of hydrogen-bond acceptors (Lipinski definition) is 5. The number of hydrogen-bond donors (Lipinski definition) is 3. The van der Waals surface area contributed by atoms with E-state index < -0.39 is 12.1 Å². The zero-order valence-electron chi connectivity index (χ0n) is 51.3. The molecular formula is C70H133NO5. The molecule has 2 unspecified atom stereocenters. The molecule has 0 aliphatic carbocycles. The van der Waals surface area contributed by atoms with Crippen LogP contribution in [0, 0.1) is 0 Å². The van der Waals surface area contributed by atoms with E-state index in [1.165, 1.54) is 302 Å². The molecule has 0 saturated heterocycles. The molecule has 0 saturated carbocycles. The summed E-state index contributed by atoms with van der Waals surface area (Å²) in [5.74, 6) is -0.0645. The Morgan fingerprint density at radius 1 is 0.355 bits per heavy atom. The minimum atomic E-state index is -0.848. The molecule has 0 fully saturated rings. The zero-order chi connectivity index (χ0) is 55.0. The summed E-state index contributed by atoms with van der Waals surface area (Å²) in [4.78, 5) is 24.5. The number of aliphatic hydroxyl groups excluding tert-OH is 2. The van der Waals surface area contributed by atoms with Gasteiger partial charge in [-0.25, -0.2) is 0 Å². The third-order valence-corrected chi connectivity index (χ3v) is 15.9. The van der Waals surface area contributed by atoms with Crippen LogP contribution in [0.5, 0.6) is 0 Å². The minimum absolute atomic E-state index is 0.00320. The van der Waals surface area contributed by atoms with Crippen molar-refractivity contribution in [3.8, 4) is 0 Å². The molecule has 0 radical (unpaired) electrons. The van der Waals surface area contributed by atoms with Crippen LogP contribution in [0.4, 0.5) is 0 Å². The Morgan fingerprint density at radius 3 is 0.961 bits per heavy atom. The topological polar surface area (TPSA) is 95.9 Å². The van der Waals surface area contributed by atoms with E-state index in [4.69, 9.17) is 4.74 Å². The van der Waals surface area contributed by atoms with E-state index in [0.29, 0.717) is 19.4 Å². The van der Waals surface area contributed by atoms with Crippen molar-refractivity contribution in [3.63, 3.8) is 0 Å². The van der Waals surface area contributed by atoms with Crippen LogP contribution in [0.1, 0.15) is 373 Å². The lowest BCUT2D eigenvalue weighted by Crippen LogP contribution is -2.45. The maximum atomic E-state index is 12.5. The van der Waals surface area contributed by atoms with Crippen molar-refractivity contribution < 1.29 is 24.5 Å². The van der Waals surface area contributed by atoms with Crippen molar-refractivity contribution in [1.82, 2.24) is 5.32 Å². The molecular weight excluding hydrogens is 935 g/mol. The van der Waals surface area contributed by atoms with Gasteiger partial charge in [-0.1, -0.05) is 314 Å². The summed E-state index contributed by atoms with van der Waals surface area (Å²) in [5, 5.41) is 23.2. The van der Waals surface area contributed by atoms with Gasteiger partial charge in [0.25, 0.3) is 0 Å². The smallest absolute Gasteiger partial charge is 0.305 e. The molecule has 448 valence electrons. The molecule has 0 spiro atoms. The van der Waals surface area contributed by atoms with E-state index in [9.17, 15) is 19.8 Å². The number of ether oxygens (including phenoxy) is 1. The Hall–Kier alpha value is -1.92. The predicted octanol–water partition coefficient (Wildman–Crippen LogP) is 21.9. The lowest BCUT2D eigenvalue weighted by atomic mass is 10.0. The van der Waals surface area contributed by atoms with Gasteiger partial charge in [0.15, 0.2) is 0 Å². The molecule has 0 aromatic rings. The number of carbonyl (C=O) groups is 2. The van der Waals surface area contributed by atoms with E-state index in [0.717, 1.165) is 44.9 Å². The molecule has 6 heteroatoms. The van der Waals surface area contributed by atoms with Crippen LogP contribution in [0.25, 0.3) is 0 Å². The molecule has 2 atom stereocenters. The molecule has 0 aliphatic rings. The standard InChI is InChI=1S/C70H133NO5/c1-3-5-7-9-11-13-15-17-18-19-20-21-27-30-33-36-39-42-46-50-54-58-62-68(73)67(66-72)71-69(74)63-59-55-51-47-43-40-37-34-31-28-25-23-22-24-26-29-32-35-38-41-45-49-53-57-61-65-76-70(75)64-60-56-52-48-44-16-14-12-10-8-6-4-2/h12,14,23,25,58,62,67-68,72-73H,3-11,13,15-22,24,26-57,59-61,63-66H2,1-2H3,(H,71,74)/b14-12-,25-23-,62-58+. The fourth-order valence-electron chi connectivity index (χ4n) is 10.6. The maximum Gasteiger partial charge on any atom is 0.305 e. The molecule has 0 aromatic carbocycles. The Balaban J connectivity index is 3.43. The number of allylic oxidation sites excluding steroid dienone is 5. The average molecular weight is 1070 g/mol. The van der Waals surface area contributed by atoms with Crippen molar-refractivity contribution in [3.05, 3.63) is 36.5 Å². The highest BCUT2D eigenvalue weighted by molar-refractivity contribution is 5.76. The predicted molar refractivity (Wildman–Crippen MR) is 333 cm³/mol. The highest BCUT2D eigenvalue weighted by Crippen LogP contribution is 2.18. The third kappa shape index (κ3) is 61.3. The summed E-state index contributed by atoms with van der Waals surface area (Å²) < 4.78 is 5.47. The number of nitrogens with one attached hydrogen (secondary N) is 1. The zero-order valence-corrected chi connectivity index (χ0v) is 51.3. The van der Waals surface area contributed by atoms with Crippen molar-refractivity contribution in [2.24, 2.45) is 0 Å². The SMILES string of the molecule is CCCCC/C=C\CCCCCCCC(=O)OCCCCCCCCCCCCCC/C=C\CCCCCCCCCCCC(=O)NC(CO)C(O)/C=C/CCCCCCCCCCCCCCCCCCCCCC. The fraction of sp³-hybridized carbons (Fsp3) is 0.886. The molecule has 0 heterocycles. The normalized spacial score (nSPS) is 12.7. The van der Waals surface area contributed by atoms with Crippen molar-refractivity contribution in [2.45, 2.75) is 386 Å². The van der Waals surface area contributed by atoms with Gasteiger partial charge in [0.2, 0.25) is 5.91 Å². The van der Waals surface area contributed by atoms with Crippen molar-refractivity contribution >= 4 is 11.9 Å². The number of esters is 1. The van der Waals surface area contributed by atoms with Crippen molar-refractivity contribution in [1.29, 1.82) is 0 Å². The van der Waals surface area contributed by atoms with Crippen LogP contribution in [0.15, 0.2) is 36.5 Å². The van der Waals surface area contributed by atoms with Crippen molar-refractivity contribution in [2.75, 3.05) is 13.2 Å². The van der Waals surface area contributed by atoms with Gasteiger partial charge in [-0.15, -0.1) is 0 Å². The minimum Gasteiger partial charge on any atom is -0.466 e. The summed E-state index contributed by atoms with van der Waals surface area (Å²) in [7, 11) is 0. The number of rotatable bonds is 64. The first kappa shape index (κ1) is 74.1. The largest absolute Gasteiger partial charge is 0.466 e. The second-order valence-corrected chi connectivity index (χ2v) is 23.5. The molecule has 0 rings (SSSR count). The molecule has 1 amide bonds. The number of carbonyl (C=O) groups excluding carboxylic acids is 2. The summed E-state index contributed by atoms with van der Waals surface area (Å²) in [6.45, 7) is 4.90. The number of unbranched alkanes of at least 4 members (excludes halogenated alkanes) is 49. The second kappa shape index (κ2) is 65.6. The molecule has 6 nitrogen and oxygen atoms in total. The average Bonchev–Trinajstić information content (AvgIpc) is 3.42. The van der Waals surface area contributed by atoms with Gasteiger partial charge in [0.05, 0.1) is 25.4 Å². The van der Waals surface area contributed by atoms with Gasteiger partial charge in [-0.05, 0) is 83.5 Å². The lowest BCUT2D eigenvalue weighted by molar-refractivity contribution is -0.143. The Morgan fingerprint density at radius 2 is 0.618 bits per heavy atom. The summed E-state index contributed by atoms with van der Waals surface area (Å²) in [6.07, 6.45) is 83.5. The van der Waals surface area contributed by atoms with E-state index in [1.54, 1.807) is 6.08 Å². The van der Waals surface area contributed by atoms with Crippen LogP contribution in [0.2, 0.25) is 0 Å². The second-order valence-electron chi connectivity index (χ2n) is 23.5. The highest BCUT2D eigenvalue weighted by atomic mass is 16.5. The molecule has 0 aromatic heterocycles.